The van der Waals surface area contributed by atoms with Crippen LogP contribution in [0.3, 0.4) is 0 Å². The first-order valence-electron chi connectivity index (χ1n) is 10.5. The Morgan fingerprint density at radius 3 is 2.24 bits per heavy atom. The molecule has 1 aromatic heterocycles. The summed E-state index contributed by atoms with van der Waals surface area (Å²) in [4.78, 5) is 12.3. The van der Waals surface area contributed by atoms with Crippen LogP contribution in [-0.4, -0.2) is 16.0 Å². The van der Waals surface area contributed by atoms with Gasteiger partial charge in [0.2, 0.25) is 5.91 Å². The second-order valence-corrected chi connectivity index (χ2v) is 9.08. The SMILES string of the molecule is NC(=O)c1cccc2c1c1ccc(-c3ccccc3)cc1n2Cc1ccc(SC(F)(F)F)cc1. The first-order chi connectivity index (χ1) is 16.3. The molecule has 0 saturated carbocycles. The average Bonchev–Trinajstić information content (AvgIpc) is 3.13. The molecule has 5 rings (SSSR count). The van der Waals surface area contributed by atoms with E-state index in [1.165, 1.54) is 12.1 Å². The Morgan fingerprint density at radius 2 is 1.56 bits per heavy atom. The zero-order valence-electron chi connectivity index (χ0n) is 17.8. The van der Waals surface area contributed by atoms with Gasteiger partial charge in [0.1, 0.15) is 0 Å². The summed E-state index contributed by atoms with van der Waals surface area (Å²) in [6.07, 6.45) is 0. The molecule has 0 unspecified atom stereocenters. The molecule has 0 aliphatic rings. The summed E-state index contributed by atoms with van der Waals surface area (Å²) in [6.45, 7) is 0.428. The predicted octanol–water partition coefficient (Wildman–Crippen LogP) is 7.22. The first kappa shape index (κ1) is 22.1. The Kier molecular flexibility index (Phi) is 5.57. The highest BCUT2D eigenvalue weighted by Gasteiger charge is 2.29. The van der Waals surface area contributed by atoms with Gasteiger partial charge in [-0.3, -0.25) is 4.79 Å². The fraction of sp³-hybridized carbons (Fsp3) is 0.0741. The molecule has 0 bridgehead atoms. The van der Waals surface area contributed by atoms with Gasteiger partial charge in [-0.2, -0.15) is 13.2 Å². The molecule has 0 aliphatic carbocycles. The number of carbonyl (C=O) groups is 1. The minimum absolute atomic E-state index is 0.131. The van der Waals surface area contributed by atoms with Crippen LogP contribution in [0.25, 0.3) is 32.9 Å². The van der Waals surface area contributed by atoms with Crippen LogP contribution >= 0.6 is 11.8 Å². The van der Waals surface area contributed by atoms with E-state index in [2.05, 4.69) is 10.6 Å². The molecule has 1 amide bonds. The Labute approximate surface area is 198 Å². The summed E-state index contributed by atoms with van der Waals surface area (Å²) < 4.78 is 40.2. The van der Waals surface area contributed by atoms with Gasteiger partial charge in [0.15, 0.2) is 0 Å². The number of halogens is 3. The van der Waals surface area contributed by atoms with Gasteiger partial charge in [-0.25, -0.2) is 0 Å². The number of nitrogens with two attached hydrogens (primary N) is 1. The van der Waals surface area contributed by atoms with Crippen molar-refractivity contribution in [2.24, 2.45) is 5.73 Å². The maximum Gasteiger partial charge on any atom is 0.446 e. The zero-order valence-corrected chi connectivity index (χ0v) is 18.7. The lowest BCUT2D eigenvalue weighted by Gasteiger charge is -2.11. The van der Waals surface area contributed by atoms with Crippen LogP contribution in [-0.2, 0) is 6.54 Å². The largest absolute Gasteiger partial charge is 0.446 e. The zero-order chi connectivity index (χ0) is 23.9. The quantitative estimate of drug-likeness (QED) is 0.272. The van der Waals surface area contributed by atoms with Crippen molar-refractivity contribution in [2.75, 3.05) is 0 Å². The van der Waals surface area contributed by atoms with Crippen LogP contribution in [0.2, 0.25) is 0 Å². The second kappa shape index (κ2) is 8.57. The maximum atomic E-state index is 12.7. The van der Waals surface area contributed by atoms with Crippen molar-refractivity contribution < 1.29 is 18.0 Å². The summed E-state index contributed by atoms with van der Waals surface area (Å²) in [6, 6.07) is 27.8. The molecule has 0 aliphatic heterocycles. The number of rotatable bonds is 5. The molecule has 1 heterocycles. The predicted molar refractivity (Wildman–Crippen MR) is 131 cm³/mol. The fourth-order valence-corrected chi connectivity index (χ4v) is 4.85. The van der Waals surface area contributed by atoms with Gasteiger partial charge in [0, 0.05) is 27.8 Å². The van der Waals surface area contributed by atoms with Crippen LogP contribution in [0.4, 0.5) is 13.2 Å². The first-order valence-corrected chi connectivity index (χ1v) is 11.4. The lowest BCUT2D eigenvalue weighted by Crippen LogP contribution is -2.11. The van der Waals surface area contributed by atoms with Crippen molar-refractivity contribution in [1.29, 1.82) is 0 Å². The molecule has 3 nitrogen and oxygen atoms in total. The molecular weight excluding hydrogens is 457 g/mol. The highest BCUT2D eigenvalue weighted by atomic mass is 32.2. The second-order valence-electron chi connectivity index (χ2n) is 7.94. The number of aromatic nitrogens is 1. The van der Waals surface area contributed by atoms with Gasteiger partial charge in [-0.15, -0.1) is 0 Å². The molecule has 5 aromatic rings. The van der Waals surface area contributed by atoms with Crippen LogP contribution in [0, 0.1) is 0 Å². The van der Waals surface area contributed by atoms with E-state index in [9.17, 15) is 18.0 Å². The molecule has 0 fully saturated rings. The minimum Gasteiger partial charge on any atom is -0.366 e. The molecule has 0 spiro atoms. The van der Waals surface area contributed by atoms with Gasteiger partial charge in [0.05, 0.1) is 11.0 Å². The third kappa shape index (κ3) is 4.26. The Morgan fingerprint density at radius 1 is 0.824 bits per heavy atom. The average molecular weight is 477 g/mol. The fourth-order valence-electron chi connectivity index (χ4n) is 4.31. The molecule has 7 heteroatoms. The summed E-state index contributed by atoms with van der Waals surface area (Å²) in [5.41, 5.74) is 6.47. The maximum absolute atomic E-state index is 12.7. The van der Waals surface area contributed by atoms with E-state index in [0.717, 1.165) is 38.5 Å². The number of primary amides is 1. The van der Waals surface area contributed by atoms with Gasteiger partial charge < -0.3 is 10.3 Å². The van der Waals surface area contributed by atoms with Crippen molar-refractivity contribution in [3.8, 4) is 11.1 Å². The Bertz CT molecular complexity index is 1510. The van der Waals surface area contributed by atoms with E-state index in [1.54, 1.807) is 24.3 Å². The highest BCUT2D eigenvalue weighted by molar-refractivity contribution is 8.00. The number of fused-ring (bicyclic) bond motifs is 3. The van der Waals surface area contributed by atoms with E-state index in [-0.39, 0.29) is 16.7 Å². The van der Waals surface area contributed by atoms with Crippen molar-refractivity contribution in [3.63, 3.8) is 0 Å². The Balaban J connectivity index is 1.67. The lowest BCUT2D eigenvalue weighted by molar-refractivity contribution is -0.0328. The molecule has 0 saturated heterocycles. The molecule has 170 valence electrons. The number of benzene rings is 4. The summed E-state index contributed by atoms with van der Waals surface area (Å²) in [5, 5.41) is 1.67. The smallest absolute Gasteiger partial charge is 0.366 e. The number of nitrogens with zero attached hydrogens (tertiary/aromatic N) is 1. The summed E-state index contributed by atoms with van der Waals surface area (Å²) in [5.74, 6) is -0.509. The third-order valence-electron chi connectivity index (χ3n) is 5.76. The van der Waals surface area contributed by atoms with Crippen molar-refractivity contribution in [1.82, 2.24) is 4.57 Å². The van der Waals surface area contributed by atoms with Crippen LogP contribution in [0.5, 0.6) is 0 Å². The number of thioether (sulfide) groups is 1. The number of hydrogen-bond donors (Lipinski definition) is 1. The van der Waals surface area contributed by atoms with Crippen molar-refractivity contribution in [2.45, 2.75) is 16.9 Å². The summed E-state index contributed by atoms with van der Waals surface area (Å²) >= 11 is -0.131. The van der Waals surface area contributed by atoms with E-state index in [4.69, 9.17) is 5.73 Å². The van der Waals surface area contributed by atoms with Crippen molar-refractivity contribution >= 4 is 39.5 Å². The van der Waals surface area contributed by atoms with E-state index >= 15 is 0 Å². The summed E-state index contributed by atoms with van der Waals surface area (Å²) in [7, 11) is 0. The van der Waals surface area contributed by atoms with E-state index < -0.39 is 11.4 Å². The molecular formula is C27H19F3N2OS. The van der Waals surface area contributed by atoms with E-state index in [1.807, 2.05) is 48.5 Å². The molecule has 34 heavy (non-hydrogen) atoms. The van der Waals surface area contributed by atoms with Gasteiger partial charge in [0.25, 0.3) is 0 Å². The number of amides is 1. The van der Waals surface area contributed by atoms with Gasteiger partial charge in [-0.1, -0.05) is 60.7 Å². The topological polar surface area (TPSA) is 48.0 Å². The van der Waals surface area contributed by atoms with Crippen molar-refractivity contribution in [3.05, 3.63) is 102 Å². The highest BCUT2D eigenvalue weighted by Crippen LogP contribution is 2.38. The normalized spacial score (nSPS) is 11.9. The monoisotopic (exact) mass is 476 g/mol. The number of alkyl halides is 3. The van der Waals surface area contributed by atoms with Crippen LogP contribution < -0.4 is 5.73 Å². The van der Waals surface area contributed by atoms with Crippen LogP contribution in [0.1, 0.15) is 15.9 Å². The number of hydrogen-bond acceptors (Lipinski definition) is 2. The third-order valence-corrected chi connectivity index (χ3v) is 6.50. The van der Waals surface area contributed by atoms with Gasteiger partial charge >= 0.3 is 5.51 Å². The molecule has 0 atom stereocenters. The molecule has 2 N–H and O–H groups in total. The van der Waals surface area contributed by atoms with Gasteiger partial charge in [-0.05, 0) is 58.8 Å². The minimum atomic E-state index is -4.33. The standard InChI is InChI=1S/C27H19F3N2OS/c28-27(29,30)34-20-12-9-17(10-13-20)16-32-23-8-4-7-22(26(31)33)25(23)21-14-11-19(15-24(21)32)18-5-2-1-3-6-18/h1-15H,16H2,(H2,31,33). The Hall–Kier alpha value is -3.71. The molecule has 0 radical (unpaired) electrons. The number of carbonyl (C=O) groups excluding carboxylic acids is 1. The lowest BCUT2D eigenvalue weighted by atomic mass is 10.0. The van der Waals surface area contributed by atoms with E-state index in [0.29, 0.717) is 12.1 Å². The molecule has 4 aromatic carbocycles. The van der Waals surface area contributed by atoms with Crippen LogP contribution in [0.15, 0.2) is 95.9 Å².